The van der Waals surface area contributed by atoms with Gasteiger partial charge in [0.15, 0.2) is 31.5 Å². The maximum absolute atomic E-state index is 6.64. The van der Waals surface area contributed by atoms with Crippen molar-refractivity contribution in [2.75, 3.05) is 20.3 Å². The minimum Gasteiger partial charge on any atom is -0.485 e. The zero-order chi connectivity index (χ0) is 25.8. The van der Waals surface area contributed by atoms with E-state index in [9.17, 15) is 0 Å². The molecule has 36 heavy (non-hydrogen) atoms. The van der Waals surface area contributed by atoms with Gasteiger partial charge < -0.3 is 23.1 Å². The number of hydrogen-bond acceptors (Lipinski definition) is 7. The summed E-state index contributed by atoms with van der Waals surface area (Å²) < 4.78 is 30.3. The summed E-state index contributed by atoms with van der Waals surface area (Å²) in [6.45, 7) is 14.0. The van der Waals surface area contributed by atoms with Gasteiger partial charge in [-0.15, -0.1) is 0 Å². The van der Waals surface area contributed by atoms with Gasteiger partial charge in [-0.05, 0) is 48.8 Å². The van der Waals surface area contributed by atoms with Crippen LogP contribution in [0.3, 0.4) is 0 Å². The molecule has 0 saturated carbocycles. The number of aromatic nitrogens is 2. The summed E-state index contributed by atoms with van der Waals surface area (Å²) in [4.78, 5) is 9.10. The van der Waals surface area contributed by atoms with Crippen LogP contribution in [0.15, 0.2) is 34.9 Å². The maximum Gasteiger partial charge on any atom is 0.232 e. The van der Waals surface area contributed by atoms with Crippen molar-refractivity contribution in [3.63, 3.8) is 0 Å². The first-order valence-corrected chi connectivity index (χ1v) is 15.3. The first-order chi connectivity index (χ1) is 17.0. The first kappa shape index (κ1) is 24.9. The molecule has 4 aromatic rings. The Morgan fingerprint density at radius 1 is 1.17 bits per heavy atom. The Kier molecular flexibility index (Phi) is 6.17. The highest BCUT2D eigenvalue weighted by atomic mass is 35.5. The van der Waals surface area contributed by atoms with Crippen LogP contribution >= 0.6 is 11.6 Å². The summed E-state index contributed by atoms with van der Waals surface area (Å²) in [7, 11) is -0.326. The molecule has 2 aromatic carbocycles. The Hall–Kier alpha value is -2.81. The van der Waals surface area contributed by atoms with Crippen LogP contribution in [0.25, 0.3) is 33.3 Å². The molecule has 0 amide bonds. The van der Waals surface area contributed by atoms with Crippen molar-refractivity contribution in [2.45, 2.75) is 51.9 Å². The molecular formula is C27H31ClN2O5Si. The zero-order valence-electron chi connectivity index (χ0n) is 21.7. The average Bonchev–Trinajstić information content (AvgIpc) is 3.27. The molecular weight excluding hydrogens is 496 g/mol. The normalized spacial score (nSPS) is 16.1. The molecule has 0 unspecified atom stereocenters. The molecule has 9 heteroatoms. The second-order valence-electron chi connectivity index (χ2n) is 10.8. The summed E-state index contributed by atoms with van der Waals surface area (Å²) in [5.41, 5.74) is 3.82. The average molecular weight is 527 g/mol. The fraction of sp³-hybridized carbons (Fsp3) is 0.407. The van der Waals surface area contributed by atoms with Gasteiger partial charge >= 0.3 is 0 Å². The van der Waals surface area contributed by atoms with Crippen molar-refractivity contribution in [1.82, 2.24) is 9.97 Å². The van der Waals surface area contributed by atoms with Crippen LogP contribution in [0.4, 0.5) is 0 Å². The van der Waals surface area contributed by atoms with Gasteiger partial charge in [0.25, 0.3) is 0 Å². The largest absolute Gasteiger partial charge is 0.485 e. The van der Waals surface area contributed by atoms with Crippen LogP contribution in [0, 0.1) is 6.92 Å². The summed E-state index contributed by atoms with van der Waals surface area (Å²) in [5, 5.41) is 1.33. The number of aryl methyl sites for hydroxylation is 1. The van der Waals surface area contributed by atoms with Crippen LogP contribution < -0.4 is 14.2 Å². The topological polar surface area (TPSA) is 75.8 Å². The van der Waals surface area contributed by atoms with E-state index in [-0.39, 0.29) is 11.1 Å². The van der Waals surface area contributed by atoms with Crippen molar-refractivity contribution in [1.29, 1.82) is 0 Å². The molecule has 3 heterocycles. The lowest BCUT2D eigenvalue weighted by molar-refractivity contribution is 0.0503. The second kappa shape index (κ2) is 8.94. The number of methoxy groups -OCH3 is 1. The number of fused-ring (bicyclic) bond motifs is 4. The van der Waals surface area contributed by atoms with E-state index < -0.39 is 8.32 Å². The standard InChI is InChI=1S/C27H31ClN2O5Si/c1-15-8-17(24-20(9-15)30-23(31-5)12-29-24)21-10-18-25(35-21)19(28)11-22-26(18)32-13-16(34-22)14-33-36(6,7)27(2,3)4/h8-12,16H,13-14H2,1-7H3/t16-/m1/s1. The van der Waals surface area contributed by atoms with Gasteiger partial charge in [0.05, 0.1) is 41.4 Å². The van der Waals surface area contributed by atoms with Crippen molar-refractivity contribution in [2.24, 2.45) is 0 Å². The molecule has 2 aromatic heterocycles. The molecule has 1 aliphatic rings. The van der Waals surface area contributed by atoms with Crippen LogP contribution in [-0.4, -0.2) is 44.7 Å². The third kappa shape index (κ3) is 4.42. The molecule has 5 rings (SSSR count). The Balaban J connectivity index is 1.49. The molecule has 0 saturated heterocycles. The molecule has 0 spiro atoms. The van der Waals surface area contributed by atoms with E-state index >= 15 is 0 Å². The van der Waals surface area contributed by atoms with Crippen molar-refractivity contribution >= 4 is 41.9 Å². The van der Waals surface area contributed by atoms with Crippen LogP contribution in [-0.2, 0) is 4.43 Å². The predicted octanol–water partition coefficient (Wildman–Crippen LogP) is 7.18. The fourth-order valence-electron chi connectivity index (χ4n) is 4.01. The number of rotatable bonds is 5. The Bertz CT molecular complexity index is 1460. The monoisotopic (exact) mass is 526 g/mol. The van der Waals surface area contributed by atoms with Crippen LogP contribution in [0.2, 0.25) is 23.2 Å². The molecule has 0 bridgehead atoms. The van der Waals surface area contributed by atoms with E-state index in [1.54, 1.807) is 19.4 Å². The van der Waals surface area contributed by atoms with E-state index in [1.807, 2.05) is 25.1 Å². The fourth-order valence-corrected chi connectivity index (χ4v) is 5.28. The predicted molar refractivity (Wildman–Crippen MR) is 144 cm³/mol. The highest BCUT2D eigenvalue weighted by Gasteiger charge is 2.38. The van der Waals surface area contributed by atoms with Crippen molar-refractivity contribution in [3.05, 3.63) is 41.0 Å². The van der Waals surface area contributed by atoms with Crippen LogP contribution in [0.5, 0.6) is 17.4 Å². The third-order valence-corrected chi connectivity index (χ3v) is 11.8. The lowest BCUT2D eigenvalue weighted by Crippen LogP contribution is -2.45. The molecule has 0 fully saturated rings. The van der Waals surface area contributed by atoms with E-state index in [0.717, 1.165) is 22.0 Å². The van der Waals surface area contributed by atoms with Gasteiger partial charge in [0.2, 0.25) is 5.88 Å². The lowest BCUT2D eigenvalue weighted by Gasteiger charge is -2.37. The zero-order valence-corrected chi connectivity index (χ0v) is 23.4. The number of furan rings is 1. The third-order valence-electron chi connectivity index (χ3n) is 7.06. The van der Waals surface area contributed by atoms with Gasteiger partial charge in [-0.25, -0.2) is 9.97 Å². The highest BCUT2D eigenvalue weighted by Crippen LogP contribution is 2.46. The summed E-state index contributed by atoms with van der Waals surface area (Å²) in [5.74, 6) is 2.30. The summed E-state index contributed by atoms with van der Waals surface area (Å²) in [6, 6.07) is 7.67. The van der Waals surface area contributed by atoms with Gasteiger partial charge in [-0.1, -0.05) is 32.4 Å². The summed E-state index contributed by atoms with van der Waals surface area (Å²) >= 11 is 6.64. The summed E-state index contributed by atoms with van der Waals surface area (Å²) in [6.07, 6.45) is 1.39. The lowest BCUT2D eigenvalue weighted by atomic mass is 10.1. The molecule has 190 valence electrons. The quantitative estimate of drug-likeness (QED) is 0.255. The first-order valence-electron chi connectivity index (χ1n) is 12.0. The Morgan fingerprint density at radius 2 is 1.94 bits per heavy atom. The number of ether oxygens (including phenoxy) is 3. The van der Waals surface area contributed by atoms with Gasteiger partial charge in [0, 0.05) is 11.6 Å². The SMILES string of the molecule is COc1cnc2c(-c3cc4c5c(cc(Cl)c4o3)O[C@@H](CO[Si](C)(C)C(C)(C)C)CO5)cc(C)cc2n1. The number of nitrogens with zero attached hydrogens (tertiary/aromatic N) is 2. The second-order valence-corrected chi connectivity index (χ2v) is 16.0. The van der Waals surface area contributed by atoms with Crippen molar-refractivity contribution < 1.29 is 23.1 Å². The van der Waals surface area contributed by atoms with E-state index in [1.165, 1.54) is 0 Å². The minimum atomic E-state index is -1.90. The molecule has 1 aliphatic heterocycles. The molecule has 1 atom stereocenters. The minimum absolute atomic E-state index is 0.124. The Labute approximate surface area is 216 Å². The highest BCUT2D eigenvalue weighted by molar-refractivity contribution is 6.74. The number of halogens is 1. The van der Waals surface area contributed by atoms with Gasteiger partial charge in [0.1, 0.15) is 12.4 Å². The number of benzene rings is 2. The maximum atomic E-state index is 6.64. The van der Waals surface area contributed by atoms with Gasteiger partial charge in [-0.2, -0.15) is 0 Å². The van der Waals surface area contributed by atoms with Crippen molar-refractivity contribution in [3.8, 4) is 28.7 Å². The molecule has 0 aliphatic carbocycles. The Morgan fingerprint density at radius 3 is 2.67 bits per heavy atom. The smallest absolute Gasteiger partial charge is 0.232 e. The van der Waals surface area contributed by atoms with Gasteiger partial charge in [-0.3, -0.25) is 0 Å². The number of hydrogen-bond donors (Lipinski definition) is 0. The molecule has 7 nitrogen and oxygen atoms in total. The van der Waals surface area contributed by atoms with E-state index in [2.05, 4.69) is 43.8 Å². The molecule has 0 radical (unpaired) electrons. The van der Waals surface area contributed by atoms with E-state index in [4.69, 9.17) is 34.7 Å². The van der Waals surface area contributed by atoms with E-state index in [0.29, 0.717) is 52.5 Å². The molecule has 0 N–H and O–H groups in total. The van der Waals surface area contributed by atoms with Crippen LogP contribution in [0.1, 0.15) is 26.3 Å².